The van der Waals surface area contributed by atoms with E-state index in [9.17, 15) is 4.79 Å². The quantitative estimate of drug-likeness (QED) is 0.594. The number of hydrogen-bond acceptors (Lipinski definition) is 6. The number of carbonyl (C=O) groups is 1. The van der Waals surface area contributed by atoms with Gasteiger partial charge in [0, 0.05) is 10.6 Å². The number of carbonyl (C=O) groups excluding carboxylic acids is 1. The van der Waals surface area contributed by atoms with E-state index in [1.165, 1.54) is 18.9 Å². The van der Waals surface area contributed by atoms with Crippen molar-refractivity contribution in [3.05, 3.63) is 53.1 Å². The third kappa shape index (κ3) is 4.61. The van der Waals surface area contributed by atoms with Crippen molar-refractivity contribution in [2.45, 2.75) is 24.3 Å². The average Bonchev–Trinajstić information content (AvgIpc) is 3.10. The summed E-state index contributed by atoms with van der Waals surface area (Å²) in [4.78, 5) is 12.5. The number of anilines is 1. The molecule has 27 heavy (non-hydrogen) atoms. The van der Waals surface area contributed by atoms with Crippen LogP contribution in [0.3, 0.4) is 0 Å². The molecular weight excluding hydrogens is 386 g/mol. The number of aromatic nitrogens is 2. The van der Waals surface area contributed by atoms with Gasteiger partial charge in [-0.2, -0.15) is 0 Å². The normalized spacial score (nSPS) is 11.9. The van der Waals surface area contributed by atoms with Gasteiger partial charge in [-0.05, 0) is 43.7 Å². The molecular formula is C19H18ClN3O3S. The Labute approximate surface area is 166 Å². The Bertz CT molecular complexity index is 961. The van der Waals surface area contributed by atoms with Gasteiger partial charge in [0.25, 0.3) is 5.22 Å². The highest BCUT2D eigenvalue weighted by Crippen LogP contribution is 2.31. The predicted octanol–water partition coefficient (Wildman–Crippen LogP) is 4.83. The number of nitrogens with zero attached hydrogens (tertiary/aromatic N) is 2. The van der Waals surface area contributed by atoms with E-state index >= 15 is 0 Å². The molecule has 1 N–H and O–H groups in total. The maximum atomic E-state index is 12.5. The molecule has 0 saturated carbocycles. The van der Waals surface area contributed by atoms with E-state index in [1.807, 2.05) is 31.2 Å². The van der Waals surface area contributed by atoms with Crippen LogP contribution in [0.5, 0.6) is 5.75 Å². The fraction of sp³-hybridized carbons (Fsp3) is 0.211. The van der Waals surface area contributed by atoms with Crippen LogP contribution in [0, 0.1) is 6.92 Å². The summed E-state index contributed by atoms with van der Waals surface area (Å²) in [6, 6.07) is 12.8. The summed E-state index contributed by atoms with van der Waals surface area (Å²) in [7, 11) is 1.53. The Kier molecular flexibility index (Phi) is 6.03. The monoisotopic (exact) mass is 403 g/mol. The summed E-state index contributed by atoms with van der Waals surface area (Å²) in [5.74, 6) is 0.737. The lowest BCUT2D eigenvalue weighted by Gasteiger charge is -2.13. The molecule has 0 aliphatic heterocycles. The molecule has 6 nitrogen and oxygen atoms in total. The average molecular weight is 404 g/mol. The van der Waals surface area contributed by atoms with E-state index in [0.717, 1.165) is 11.1 Å². The van der Waals surface area contributed by atoms with Crippen LogP contribution in [-0.4, -0.2) is 28.5 Å². The Morgan fingerprint density at radius 2 is 2.04 bits per heavy atom. The van der Waals surface area contributed by atoms with Gasteiger partial charge in [-0.3, -0.25) is 4.79 Å². The number of hydrogen-bond donors (Lipinski definition) is 1. The van der Waals surface area contributed by atoms with Crippen molar-refractivity contribution in [2.75, 3.05) is 12.4 Å². The van der Waals surface area contributed by atoms with Gasteiger partial charge in [-0.25, -0.2) is 0 Å². The fourth-order valence-corrected chi connectivity index (χ4v) is 3.25. The number of aryl methyl sites for hydroxylation is 1. The van der Waals surface area contributed by atoms with Crippen LogP contribution in [0.2, 0.25) is 5.02 Å². The Hall–Kier alpha value is -2.51. The van der Waals surface area contributed by atoms with Crippen molar-refractivity contribution < 1.29 is 13.9 Å². The highest BCUT2D eigenvalue weighted by Gasteiger charge is 2.20. The SMILES string of the molecule is COc1ccc(Cl)cc1NC(=O)C(C)Sc1nnc(-c2ccccc2C)o1. The largest absolute Gasteiger partial charge is 0.495 e. The molecule has 0 fully saturated rings. The molecule has 1 amide bonds. The third-order valence-electron chi connectivity index (χ3n) is 3.85. The van der Waals surface area contributed by atoms with Crippen LogP contribution in [0.25, 0.3) is 11.5 Å². The van der Waals surface area contributed by atoms with Crippen LogP contribution in [0.15, 0.2) is 52.1 Å². The lowest BCUT2D eigenvalue weighted by molar-refractivity contribution is -0.115. The minimum atomic E-state index is -0.459. The van der Waals surface area contributed by atoms with Crippen molar-refractivity contribution in [2.24, 2.45) is 0 Å². The molecule has 1 unspecified atom stereocenters. The molecule has 8 heteroatoms. The van der Waals surface area contributed by atoms with E-state index in [-0.39, 0.29) is 5.91 Å². The van der Waals surface area contributed by atoms with Gasteiger partial charge in [0.05, 0.1) is 18.0 Å². The second-order valence-electron chi connectivity index (χ2n) is 5.78. The van der Waals surface area contributed by atoms with E-state index in [0.29, 0.717) is 27.6 Å². The maximum absolute atomic E-state index is 12.5. The van der Waals surface area contributed by atoms with E-state index in [1.54, 1.807) is 25.1 Å². The second-order valence-corrected chi connectivity index (χ2v) is 7.51. The summed E-state index contributed by atoms with van der Waals surface area (Å²) in [5, 5.41) is 11.3. The number of rotatable bonds is 6. The van der Waals surface area contributed by atoms with Crippen LogP contribution in [-0.2, 0) is 4.79 Å². The lowest BCUT2D eigenvalue weighted by atomic mass is 10.1. The van der Waals surface area contributed by atoms with Gasteiger partial charge >= 0.3 is 0 Å². The highest BCUT2D eigenvalue weighted by atomic mass is 35.5. The van der Waals surface area contributed by atoms with Gasteiger partial charge < -0.3 is 14.5 Å². The van der Waals surface area contributed by atoms with Gasteiger partial charge in [0.15, 0.2) is 0 Å². The molecule has 0 spiro atoms. The van der Waals surface area contributed by atoms with Gasteiger partial charge in [-0.15, -0.1) is 10.2 Å². The van der Waals surface area contributed by atoms with E-state index in [4.69, 9.17) is 20.8 Å². The summed E-state index contributed by atoms with van der Waals surface area (Å²) < 4.78 is 10.9. The zero-order chi connectivity index (χ0) is 19.4. The van der Waals surface area contributed by atoms with E-state index < -0.39 is 5.25 Å². The smallest absolute Gasteiger partial charge is 0.277 e. The van der Waals surface area contributed by atoms with Crippen LogP contribution < -0.4 is 10.1 Å². The Balaban J connectivity index is 1.69. The molecule has 3 aromatic rings. The van der Waals surface area contributed by atoms with E-state index in [2.05, 4.69) is 15.5 Å². The molecule has 1 atom stereocenters. The Morgan fingerprint density at radius 1 is 1.26 bits per heavy atom. The fourth-order valence-electron chi connectivity index (χ4n) is 2.40. The summed E-state index contributed by atoms with van der Waals surface area (Å²) in [5.41, 5.74) is 2.42. The zero-order valence-corrected chi connectivity index (χ0v) is 16.6. The lowest BCUT2D eigenvalue weighted by Crippen LogP contribution is -2.22. The molecule has 0 aliphatic rings. The molecule has 1 heterocycles. The first-order valence-corrected chi connectivity index (χ1v) is 9.44. The number of nitrogens with one attached hydrogen (secondary N) is 1. The molecule has 0 saturated heterocycles. The number of amides is 1. The van der Waals surface area contributed by atoms with Crippen molar-refractivity contribution in [1.29, 1.82) is 0 Å². The molecule has 0 aliphatic carbocycles. The number of ether oxygens (including phenoxy) is 1. The first-order chi connectivity index (χ1) is 13.0. The molecule has 1 aromatic heterocycles. The predicted molar refractivity (Wildman–Crippen MR) is 106 cm³/mol. The minimum Gasteiger partial charge on any atom is -0.495 e. The third-order valence-corrected chi connectivity index (χ3v) is 5.02. The number of methoxy groups -OCH3 is 1. The van der Waals surface area contributed by atoms with Crippen molar-refractivity contribution >= 4 is 35.0 Å². The first kappa shape index (κ1) is 19.3. The summed E-state index contributed by atoms with van der Waals surface area (Å²) in [6.45, 7) is 3.73. The summed E-state index contributed by atoms with van der Waals surface area (Å²) >= 11 is 7.18. The highest BCUT2D eigenvalue weighted by molar-refractivity contribution is 8.00. The molecule has 0 radical (unpaired) electrons. The summed E-state index contributed by atoms with van der Waals surface area (Å²) in [6.07, 6.45) is 0. The van der Waals surface area contributed by atoms with Crippen LogP contribution >= 0.6 is 23.4 Å². The molecule has 2 aromatic carbocycles. The van der Waals surface area contributed by atoms with Crippen molar-refractivity contribution in [1.82, 2.24) is 10.2 Å². The molecule has 3 rings (SSSR count). The van der Waals surface area contributed by atoms with Gasteiger partial charge in [0.1, 0.15) is 5.75 Å². The van der Waals surface area contributed by atoms with Crippen LogP contribution in [0.4, 0.5) is 5.69 Å². The maximum Gasteiger partial charge on any atom is 0.277 e. The van der Waals surface area contributed by atoms with Gasteiger partial charge in [-0.1, -0.05) is 41.6 Å². The standard InChI is InChI=1S/C19H18ClN3O3S/c1-11-6-4-5-7-14(11)18-22-23-19(26-18)27-12(2)17(24)21-15-10-13(20)8-9-16(15)25-3/h4-10,12H,1-3H3,(H,21,24). The number of halogens is 1. The number of benzene rings is 2. The van der Waals surface area contributed by atoms with Gasteiger partial charge in [0.2, 0.25) is 11.8 Å². The second kappa shape index (κ2) is 8.45. The van der Waals surface area contributed by atoms with Crippen molar-refractivity contribution in [3.63, 3.8) is 0 Å². The zero-order valence-electron chi connectivity index (χ0n) is 15.0. The first-order valence-electron chi connectivity index (χ1n) is 8.18. The molecule has 0 bridgehead atoms. The number of thioether (sulfide) groups is 1. The molecule has 140 valence electrons. The van der Waals surface area contributed by atoms with Crippen LogP contribution in [0.1, 0.15) is 12.5 Å². The minimum absolute atomic E-state index is 0.226. The van der Waals surface area contributed by atoms with Crippen molar-refractivity contribution in [3.8, 4) is 17.2 Å². The topological polar surface area (TPSA) is 77.2 Å². The Morgan fingerprint density at radius 3 is 2.78 bits per heavy atom.